The molecule has 0 aliphatic rings. The second-order valence-corrected chi connectivity index (χ2v) is 9.71. The van der Waals surface area contributed by atoms with Crippen LogP contribution in [0.1, 0.15) is 60.1 Å². The number of carboxylic acid groups (broad SMARTS) is 1. The van der Waals surface area contributed by atoms with Crippen molar-refractivity contribution in [2.45, 2.75) is 70.3 Å². The molecule has 0 amide bonds. The van der Waals surface area contributed by atoms with Gasteiger partial charge in [-0.2, -0.15) is 26.3 Å². The van der Waals surface area contributed by atoms with E-state index in [9.17, 15) is 36.2 Å². The molecule has 1 aromatic heterocycles. The average Bonchev–Trinajstić information content (AvgIpc) is 2.83. The molecule has 0 spiro atoms. The van der Waals surface area contributed by atoms with E-state index in [0.29, 0.717) is 30.0 Å². The van der Waals surface area contributed by atoms with Gasteiger partial charge >= 0.3 is 18.3 Å². The Balaban J connectivity index is 2.11. The van der Waals surface area contributed by atoms with Gasteiger partial charge in [-0.05, 0) is 66.1 Å². The molecule has 2 aromatic carbocycles. The fraction of sp³-hybridized carbons (Fsp3) is 0.379. The number of hydrogen-bond acceptors (Lipinski definition) is 3. The van der Waals surface area contributed by atoms with Gasteiger partial charge in [0.1, 0.15) is 0 Å². The number of carboxylic acids is 1. The van der Waals surface area contributed by atoms with Crippen LogP contribution < -0.4 is 0 Å². The number of nitrogens with zero attached hydrogens (tertiary/aromatic N) is 1. The molecule has 4 nitrogen and oxygen atoms in total. The first kappa shape index (κ1) is 30.1. The molecule has 0 saturated carbocycles. The molecule has 10 heteroatoms. The molecule has 3 rings (SSSR count). The van der Waals surface area contributed by atoms with E-state index in [1.165, 1.54) is 18.3 Å². The number of hydrogen-bond donors (Lipinski definition) is 2. The lowest BCUT2D eigenvalue weighted by Crippen LogP contribution is -2.54. The number of aryl methyl sites for hydroxylation is 2. The lowest BCUT2D eigenvalue weighted by atomic mass is 9.69. The van der Waals surface area contributed by atoms with Gasteiger partial charge in [0.25, 0.3) is 5.60 Å². The third kappa shape index (κ3) is 5.39. The Morgan fingerprint density at radius 3 is 1.82 bits per heavy atom. The van der Waals surface area contributed by atoms with Crippen molar-refractivity contribution in [1.29, 1.82) is 0 Å². The number of rotatable bonds is 8. The van der Waals surface area contributed by atoms with Gasteiger partial charge in [-0.3, -0.25) is 9.78 Å². The van der Waals surface area contributed by atoms with E-state index in [1.807, 2.05) is 39.0 Å². The van der Waals surface area contributed by atoms with Gasteiger partial charge in [0.2, 0.25) is 0 Å². The largest absolute Gasteiger partial charge is 0.481 e. The highest BCUT2D eigenvalue weighted by Crippen LogP contribution is 2.51. The van der Waals surface area contributed by atoms with Crippen molar-refractivity contribution in [1.82, 2.24) is 4.98 Å². The molecule has 0 fully saturated rings. The summed E-state index contributed by atoms with van der Waals surface area (Å²) < 4.78 is 81.0. The minimum absolute atomic E-state index is 0.181. The van der Waals surface area contributed by atoms with Crippen LogP contribution >= 0.6 is 0 Å². The van der Waals surface area contributed by atoms with Crippen molar-refractivity contribution in [2.75, 3.05) is 0 Å². The van der Waals surface area contributed by atoms with Crippen LogP contribution in [0.5, 0.6) is 0 Å². The van der Waals surface area contributed by atoms with Crippen LogP contribution in [-0.4, -0.2) is 33.5 Å². The molecule has 0 atom stereocenters. The average molecular weight is 554 g/mol. The number of halogens is 6. The van der Waals surface area contributed by atoms with E-state index in [1.54, 1.807) is 12.3 Å². The molecule has 0 bridgehead atoms. The Bertz CT molecular complexity index is 1350. The standard InChI is InChI=1S/C29H29F6NO3/c1-5-26(6-2,22-8-10-24(18(4)12-22)27(39,28(30,31)32)29(33,34)35)21-7-9-23(17(3)11-21)20-13-19(14-25(37)38)15-36-16-20/h7-13,15-16,39H,5-6,14H2,1-4H3,(H,37,38). The van der Waals surface area contributed by atoms with Gasteiger partial charge in [-0.1, -0.05) is 50.2 Å². The molecule has 0 aliphatic carbocycles. The predicted octanol–water partition coefficient (Wildman–Crippen LogP) is 7.41. The second kappa shape index (κ2) is 10.6. The smallest absolute Gasteiger partial charge is 0.430 e. The number of carbonyl (C=O) groups is 1. The van der Waals surface area contributed by atoms with Crippen LogP contribution in [0.2, 0.25) is 0 Å². The highest BCUT2D eigenvalue weighted by Gasteiger charge is 2.71. The zero-order valence-electron chi connectivity index (χ0n) is 21.8. The molecule has 210 valence electrons. The van der Waals surface area contributed by atoms with Crippen molar-refractivity contribution in [2.24, 2.45) is 0 Å². The molecule has 0 aliphatic heterocycles. The Hall–Kier alpha value is -3.40. The summed E-state index contributed by atoms with van der Waals surface area (Å²) in [5.41, 5.74) is -3.07. The molecule has 0 unspecified atom stereocenters. The number of aliphatic hydroxyl groups is 1. The Kier molecular flexibility index (Phi) is 8.22. The van der Waals surface area contributed by atoms with Crippen molar-refractivity contribution in [3.8, 4) is 11.1 Å². The third-order valence-corrected chi connectivity index (χ3v) is 7.44. The normalized spacial score (nSPS) is 13.0. The highest BCUT2D eigenvalue weighted by atomic mass is 19.4. The zero-order valence-corrected chi connectivity index (χ0v) is 21.8. The summed E-state index contributed by atoms with van der Waals surface area (Å²) in [6.45, 7) is 6.76. The van der Waals surface area contributed by atoms with Gasteiger partial charge in [0.05, 0.1) is 6.42 Å². The maximum Gasteiger partial charge on any atom is 0.430 e. The number of benzene rings is 2. The second-order valence-electron chi connectivity index (χ2n) is 9.71. The Morgan fingerprint density at radius 1 is 0.821 bits per heavy atom. The van der Waals surface area contributed by atoms with Crippen LogP contribution in [0.3, 0.4) is 0 Å². The molecular formula is C29H29F6NO3. The van der Waals surface area contributed by atoms with Gasteiger partial charge < -0.3 is 10.2 Å². The Morgan fingerprint density at radius 2 is 1.36 bits per heavy atom. The summed E-state index contributed by atoms with van der Waals surface area (Å²) in [5, 5.41) is 19.0. The highest BCUT2D eigenvalue weighted by molar-refractivity contribution is 5.72. The SMILES string of the molecule is CCC(CC)(c1ccc(-c2cncc(CC(=O)O)c2)c(C)c1)c1ccc(C(O)(C(F)(F)F)C(F)(F)F)c(C)c1. The summed E-state index contributed by atoms with van der Waals surface area (Å²) in [6, 6.07) is 10.6. The van der Waals surface area contributed by atoms with E-state index < -0.39 is 34.9 Å². The van der Waals surface area contributed by atoms with Gasteiger partial charge in [0, 0.05) is 28.9 Å². The fourth-order valence-electron chi connectivity index (χ4n) is 5.26. The van der Waals surface area contributed by atoms with Gasteiger partial charge in [-0.25, -0.2) is 0 Å². The topological polar surface area (TPSA) is 70.4 Å². The third-order valence-electron chi connectivity index (χ3n) is 7.44. The molecule has 39 heavy (non-hydrogen) atoms. The summed E-state index contributed by atoms with van der Waals surface area (Å²) in [7, 11) is 0. The summed E-state index contributed by atoms with van der Waals surface area (Å²) in [5.74, 6) is -0.984. The number of alkyl halides is 6. The lowest BCUT2D eigenvalue weighted by molar-refractivity contribution is -0.376. The molecule has 0 saturated heterocycles. The van der Waals surface area contributed by atoms with E-state index >= 15 is 0 Å². The summed E-state index contributed by atoms with van der Waals surface area (Å²) >= 11 is 0. The van der Waals surface area contributed by atoms with E-state index in [-0.39, 0.29) is 12.0 Å². The van der Waals surface area contributed by atoms with E-state index in [4.69, 9.17) is 5.11 Å². The molecular weight excluding hydrogens is 524 g/mol. The van der Waals surface area contributed by atoms with Crippen LogP contribution in [0, 0.1) is 13.8 Å². The minimum atomic E-state index is -5.96. The van der Waals surface area contributed by atoms with Crippen LogP contribution in [0.25, 0.3) is 11.1 Å². The van der Waals surface area contributed by atoms with Gasteiger partial charge in [0.15, 0.2) is 0 Å². The summed E-state index contributed by atoms with van der Waals surface area (Å²) in [6.07, 6.45) is -8.02. The van der Waals surface area contributed by atoms with Crippen LogP contribution in [0.15, 0.2) is 54.9 Å². The molecule has 3 aromatic rings. The first-order chi connectivity index (χ1) is 18.0. The van der Waals surface area contributed by atoms with Gasteiger partial charge in [-0.15, -0.1) is 0 Å². The van der Waals surface area contributed by atoms with Crippen LogP contribution in [-0.2, 0) is 22.2 Å². The van der Waals surface area contributed by atoms with Crippen molar-refractivity contribution < 1.29 is 41.4 Å². The van der Waals surface area contributed by atoms with Crippen molar-refractivity contribution >= 4 is 5.97 Å². The zero-order chi connectivity index (χ0) is 29.4. The number of aromatic nitrogens is 1. The minimum Gasteiger partial charge on any atom is -0.481 e. The van der Waals surface area contributed by atoms with E-state index in [2.05, 4.69) is 4.98 Å². The Labute approximate surface area is 222 Å². The fourth-order valence-corrected chi connectivity index (χ4v) is 5.26. The van der Waals surface area contributed by atoms with Crippen LogP contribution in [0.4, 0.5) is 26.3 Å². The monoisotopic (exact) mass is 553 g/mol. The number of aliphatic carboxylic acids is 1. The van der Waals surface area contributed by atoms with E-state index in [0.717, 1.165) is 29.2 Å². The van der Waals surface area contributed by atoms with Crippen molar-refractivity contribution in [3.63, 3.8) is 0 Å². The maximum absolute atomic E-state index is 13.5. The first-order valence-electron chi connectivity index (χ1n) is 12.3. The molecule has 1 heterocycles. The molecule has 0 radical (unpaired) electrons. The summed E-state index contributed by atoms with van der Waals surface area (Å²) in [4.78, 5) is 15.2. The van der Waals surface area contributed by atoms with Crippen molar-refractivity contribution in [3.05, 3.63) is 88.2 Å². The first-order valence-corrected chi connectivity index (χ1v) is 12.3. The molecule has 2 N–H and O–H groups in total. The predicted molar refractivity (Wildman–Crippen MR) is 134 cm³/mol. The number of pyridine rings is 1. The quantitative estimate of drug-likeness (QED) is 0.285. The lowest BCUT2D eigenvalue weighted by Gasteiger charge is -2.37. The maximum atomic E-state index is 13.5.